The number of non-ortho nitro benzene ring substituents is 1. The van der Waals surface area contributed by atoms with Crippen LogP contribution in [0.2, 0.25) is 0 Å². The summed E-state index contributed by atoms with van der Waals surface area (Å²) in [6.07, 6.45) is 5.29. The van der Waals surface area contributed by atoms with Crippen molar-refractivity contribution in [2.75, 3.05) is 0 Å². The molecule has 1 aromatic carbocycles. The fraction of sp³-hybridized carbons (Fsp3) is 0.588. The van der Waals surface area contributed by atoms with E-state index < -0.39 is 4.92 Å². The molecule has 3 atom stereocenters. The molecule has 1 amide bonds. The molecule has 0 N–H and O–H groups in total. The van der Waals surface area contributed by atoms with Crippen LogP contribution in [-0.4, -0.2) is 34.0 Å². The van der Waals surface area contributed by atoms with Gasteiger partial charge in [-0.15, -0.1) is 0 Å². The highest BCUT2D eigenvalue weighted by molar-refractivity contribution is 5.80. The average molecular weight is 316 g/mol. The van der Waals surface area contributed by atoms with Gasteiger partial charge in [0.2, 0.25) is 5.91 Å². The zero-order chi connectivity index (χ0) is 16.0. The van der Waals surface area contributed by atoms with Crippen LogP contribution in [0.25, 0.3) is 0 Å². The predicted octanol–water partition coefficient (Wildman–Crippen LogP) is 2.65. The van der Waals surface area contributed by atoms with E-state index in [1.807, 2.05) is 11.0 Å². The summed E-state index contributed by atoms with van der Waals surface area (Å²) in [5, 5.41) is 10.9. The molecule has 3 aliphatic rings. The number of rotatable bonds is 5. The smallest absolute Gasteiger partial charge is 0.269 e. The molecule has 1 saturated carbocycles. The second kappa shape index (κ2) is 5.60. The summed E-state index contributed by atoms with van der Waals surface area (Å²) in [6, 6.07) is 6.88. The van der Waals surface area contributed by atoms with E-state index in [9.17, 15) is 14.9 Å². The minimum Gasteiger partial charge on any atom is -0.374 e. The van der Waals surface area contributed by atoms with E-state index in [0.717, 1.165) is 37.7 Å². The zero-order valence-corrected chi connectivity index (χ0v) is 12.9. The Kier molecular flexibility index (Phi) is 3.56. The van der Waals surface area contributed by atoms with Crippen LogP contribution in [-0.2, 0) is 16.1 Å². The molecule has 6 heteroatoms. The molecule has 2 bridgehead atoms. The van der Waals surface area contributed by atoms with E-state index in [-0.39, 0.29) is 29.7 Å². The largest absolute Gasteiger partial charge is 0.374 e. The van der Waals surface area contributed by atoms with Gasteiger partial charge < -0.3 is 9.64 Å². The van der Waals surface area contributed by atoms with Crippen molar-refractivity contribution in [2.24, 2.45) is 5.92 Å². The van der Waals surface area contributed by atoms with Crippen molar-refractivity contribution in [1.82, 2.24) is 4.90 Å². The molecule has 4 rings (SSSR count). The van der Waals surface area contributed by atoms with Crippen molar-refractivity contribution in [2.45, 2.75) is 56.9 Å². The summed E-state index contributed by atoms with van der Waals surface area (Å²) < 4.78 is 5.82. The first-order valence-electron chi connectivity index (χ1n) is 8.31. The van der Waals surface area contributed by atoms with Crippen LogP contribution in [0.15, 0.2) is 24.3 Å². The van der Waals surface area contributed by atoms with Gasteiger partial charge in [-0.3, -0.25) is 14.9 Å². The molecule has 122 valence electrons. The van der Waals surface area contributed by atoms with Gasteiger partial charge in [-0.1, -0.05) is 12.1 Å². The fourth-order valence-corrected chi connectivity index (χ4v) is 3.85. The predicted molar refractivity (Wildman–Crippen MR) is 82.7 cm³/mol. The number of hydrogen-bond donors (Lipinski definition) is 0. The normalized spacial score (nSPS) is 28.8. The van der Waals surface area contributed by atoms with E-state index in [2.05, 4.69) is 0 Å². The monoisotopic (exact) mass is 316 g/mol. The van der Waals surface area contributed by atoms with Crippen LogP contribution in [0.5, 0.6) is 0 Å². The number of benzene rings is 1. The molecule has 3 fully saturated rings. The van der Waals surface area contributed by atoms with E-state index in [1.54, 1.807) is 12.1 Å². The van der Waals surface area contributed by atoms with Crippen LogP contribution in [0.3, 0.4) is 0 Å². The lowest BCUT2D eigenvalue weighted by atomic mass is 9.88. The third-order valence-electron chi connectivity index (χ3n) is 5.17. The Morgan fingerprint density at radius 2 is 2.13 bits per heavy atom. The minimum atomic E-state index is -0.392. The van der Waals surface area contributed by atoms with Crippen LogP contribution in [0.1, 0.15) is 37.7 Å². The highest BCUT2D eigenvalue weighted by atomic mass is 16.6. The Labute approximate surface area is 134 Å². The van der Waals surface area contributed by atoms with Gasteiger partial charge in [-0.05, 0) is 37.7 Å². The van der Waals surface area contributed by atoms with Gasteiger partial charge in [-0.25, -0.2) is 0 Å². The van der Waals surface area contributed by atoms with Gasteiger partial charge in [0.15, 0.2) is 0 Å². The molecule has 0 aromatic heterocycles. The Morgan fingerprint density at radius 3 is 2.74 bits per heavy atom. The van der Waals surface area contributed by atoms with Crippen LogP contribution in [0.4, 0.5) is 5.69 Å². The highest BCUT2D eigenvalue weighted by Crippen LogP contribution is 2.41. The van der Waals surface area contributed by atoms with Crippen molar-refractivity contribution < 1.29 is 14.5 Å². The van der Waals surface area contributed by atoms with E-state index in [4.69, 9.17) is 4.74 Å². The number of nitrogens with zero attached hydrogens (tertiary/aromatic N) is 2. The minimum absolute atomic E-state index is 0.0203. The van der Waals surface area contributed by atoms with Crippen molar-refractivity contribution >= 4 is 11.6 Å². The van der Waals surface area contributed by atoms with Crippen molar-refractivity contribution in [1.29, 1.82) is 0 Å². The molecule has 1 aliphatic carbocycles. The second-order valence-corrected chi connectivity index (χ2v) is 6.84. The van der Waals surface area contributed by atoms with E-state index >= 15 is 0 Å². The maximum absolute atomic E-state index is 13.0. The first kappa shape index (κ1) is 14.6. The Hall–Kier alpha value is -1.95. The summed E-state index contributed by atoms with van der Waals surface area (Å²) in [7, 11) is 0. The molecule has 2 heterocycles. The highest BCUT2D eigenvalue weighted by Gasteiger charge is 2.47. The van der Waals surface area contributed by atoms with Gasteiger partial charge in [0.05, 0.1) is 23.0 Å². The number of nitro groups is 1. The molecule has 2 aliphatic heterocycles. The Balaban J connectivity index is 1.51. The summed E-state index contributed by atoms with van der Waals surface area (Å²) in [4.78, 5) is 25.4. The molecular weight excluding hydrogens is 296 g/mol. The van der Waals surface area contributed by atoms with Gasteiger partial charge in [0, 0.05) is 24.7 Å². The number of fused-ring (bicyclic) bond motifs is 2. The van der Waals surface area contributed by atoms with Gasteiger partial charge in [0.25, 0.3) is 5.69 Å². The van der Waals surface area contributed by atoms with E-state index in [0.29, 0.717) is 12.6 Å². The molecular formula is C17H20N2O4. The Morgan fingerprint density at radius 1 is 1.30 bits per heavy atom. The van der Waals surface area contributed by atoms with Crippen LogP contribution >= 0.6 is 0 Å². The number of amides is 1. The number of hydrogen-bond acceptors (Lipinski definition) is 4. The fourth-order valence-electron chi connectivity index (χ4n) is 3.85. The third kappa shape index (κ3) is 2.83. The van der Waals surface area contributed by atoms with Crippen molar-refractivity contribution in [3.05, 3.63) is 39.9 Å². The summed E-state index contributed by atoms with van der Waals surface area (Å²) >= 11 is 0. The number of carbonyl (C=O) groups is 1. The maximum Gasteiger partial charge on any atom is 0.269 e. The lowest BCUT2D eigenvalue weighted by Gasteiger charge is -2.28. The van der Waals surface area contributed by atoms with E-state index in [1.165, 1.54) is 6.07 Å². The summed E-state index contributed by atoms with van der Waals surface area (Å²) in [5.74, 6) is 0.152. The zero-order valence-electron chi connectivity index (χ0n) is 12.9. The molecule has 0 spiro atoms. The molecule has 1 aromatic rings. The Bertz CT molecular complexity index is 643. The number of ether oxygens (including phenoxy) is 1. The first-order valence-corrected chi connectivity index (χ1v) is 8.31. The molecule has 2 saturated heterocycles. The molecule has 0 radical (unpaired) electrons. The maximum atomic E-state index is 13.0. The molecule has 3 unspecified atom stereocenters. The quantitative estimate of drug-likeness (QED) is 0.618. The topological polar surface area (TPSA) is 72.7 Å². The van der Waals surface area contributed by atoms with Gasteiger partial charge >= 0.3 is 0 Å². The van der Waals surface area contributed by atoms with Crippen LogP contribution < -0.4 is 0 Å². The van der Waals surface area contributed by atoms with Crippen molar-refractivity contribution in [3.8, 4) is 0 Å². The third-order valence-corrected chi connectivity index (χ3v) is 5.17. The SMILES string of the molecule is O=C(C1CC2CCC1O2)N(Cc1cccc([N+](=O)[O-])c1)C1CC1. The lowest BCUT2D eigenvalue weighted by Crippen LogP contribution is -2.40. The van der Waals surface area contributed by atoms with Crippen molar-refractivity contribution in [3.63, 3.8) is 0 Å². The standard InChI is InChI=1S/C17H20N2O4/c20-17(15-9-14-6-7-16(15)23-14)18(12-4-5-12)10-11-2-1-3-13(8-11)19(21)22/h1-3,8,12,14-16H,4-7,9-10H2. The average Bonchev–Trinajstić information content (AvgIpc) is 3.17. The van der Waals surface area contributed by atoms with Gasteiger partial charge in [0.1, 0.15) is 0 Å². The summed E-state index contributed by atoms with van der Waals surface area (Å²) in [6.45, 7) is 0.457. The lowest BCUT2D eigenvalue weighted by molar-refractivity contribution is -0.384. The second-order valence-electron chi connectivity index (χ2n) is 6.84. The summed E-state index contributed by atoms with van der Waals surface area (Å²) in [5.41, 5.74) is 0.900. The van der Waals surface area contributed by atoms with Crippen LogP contribution in [0, 0.1) is 16.0 Å². The number of nitro benzene ring substituents is 1. The molecule has 23 heavy (non-hydrogen) atoms. The number of carbonyl (C=O) groups excluding carboxylic acids is 1. The molecule has 6 nitrogen and oxygen atoms in total. The first-order chi connectivity index (χ1) is 11.1. The van der Waals surface area contributed by atoms with Gasteiger partial charge in [-0.2, -0.15) is 0 Å².